The molecule has 3 rings (SSSR count). The highest BCUT2D eigenvalue weighted by Gasteiger charge is 2.28. The van der Waals surface area contributed by atoms with Gasteiger partial charge in [0.1, 0.15) is 0 Å². The minimum atomic E-state index is 0. The molecule has 0 amide bonds. The van der Waals surface area contributed by atoms with Crippen molar-refractivity contribution in [1.29, 1.82) is 0 Å². The Balaban J connectivity index is 0.00000108. The summed E-state index contributed by atoms with van der Waals surface area (Å²) in [6.45, 7) is 2.93. The molecule has 1 aliphatic carbocycles. The highest BCUT2D eigenvalue weighted by molar-refractivity contribution is 5.85. The topological polar surface area (TPSA) is 72.9 Å². The molecule has 7 heteroatoms. The molecule has 0 radical (unpaired) electrons. The molecule has 0 unspecified atom stereocenters. The maximum Gasteiger partial charge on any atom is 0.165 e. The van der Waals surface area contributed by atoms with Gasteiger partial charge in [0.05, 0.1) is 12.6 Å². The molecule has 1 saturated carbocycles. The van der Waals surface area contributed by atoms with Gasteiger partial charge in [0, 0.05) is 12.6 Å². The zero-order valence-electron chi connectivity index (χ0n) is 9.83. The molecule has 1 saturated heterocycles. The largest absolute Gasteiger partial charge is 0.327 e. The molecule has 0 aromatic carbocycles. The molecule has 2 aliphatic rings. The fraction of sp³-hybridized carbons (Fsp3) is 0.900. The predicted octanol–water partition coefficient (Wildman–Crippen LogP) is 0.353. The Labute approximate surface area is 107 Å². The molecule has 6 nitrogen and oxygen atoms in total. The number of hydrogen-bond acceptors (Lipinski definition) is 5. The number of nitrogens with zero attached hydrogens (tertiary/aromatic N) is 5. The Hall–Kier alpha value is -0.720. The predicted molar refractivity (Wildman–Crippen MR) is 65.8 cm³/mol. The summed E-state index contributed by atoms with van der Waals surface area (Å²) < 4.78 is 1.99. The second-order valence-electron chi connectivity index (χ2n) is 4.91. The lowest BCUT2D eigenvalue weighted by molar-refractivity contribution is 0.194. The zero-order chi connectivity index (χ0) is 11.0. The van der Waals surface area contributed by atoms with Crippen LogP contribution in [0.25, 0.3) is 0 Å². The van der Waals surface area contributed by atoms with Crippen LogP contribution < -0.4 is 5.73 Å². The van der Waals surface area contributed by atoms with Crippen LogP contribution in [0.5, 0.6) is 0 Å². The van der Waals surface area contributed by atoms with Crippen LogP contribution in [0.3, 0.4) is 0 Å². The number of rotatable bonds is 3. The van der Waals surface area contributed by atoms with Crippen molar-refractivity contribution < 1.29 is 0 Å². The van der Waals surface area contributed by atoms with Gasteiger partial charge in [0.2, 0.25) is 0 Å². The molecule has 1 aromatic rings. The van der Waals surface area contributed by atoms with Crippen molar-refractivity contribution in [3.63, 3.8) is 0 Å². The van der Waals surface area contributed by atoms with Crippen LogP contribution >= 0.6 is 12.4 Å². The van der Waals surface area contributed by atoms with E-state index in [0.29, 0.717) is 12.1 Å². The van der Waals surface area contributed by atoms with Crippen molar-refractivity contribution in [3.05, 3.63) is 5.82 Å². The molecule has 0 spiro atoms. The average molecular weight is 259 g/mol. The molecule has 0 bridgehead atoms. The summed E-state index contributed by atoms with van der Waals surface area (Å²) in [4.78, 5) is 2.36. The second-order valence-corrected chi connectivity index (χ2v) is 4.91. The highest BCUT2D eigenvalue weighted by Crippen LogP contribution is 2.34. The highest BCUT2D eigenvalue weighted by atomic mass is 35.5. The molecule has 17 heavy (non-hydrogen) atoms. The first kappa shape index (κ1) is 12.7. The van der Waals surface area contributed by atoms with E-state index in [4.69, 9.17) is 5.73 Å². The average Bonchev–Trinajstić information content (AvgIpc) is 3.00. The van der Waals surface area contributed by atoms with Gasteiger partial charge in [0.15, 0.2) is 5.82 Å². The van der Waals surface area contributed by atoms with Gasteiger partial charge in [-0.05, 0) is 42.7 Å². The molecular formula is C10H19ClN6. The molecule has 1 aromatic heterocycles. The minimum Gasteiger partial charge on any atom is -0.327 e. The van der Waals surface area contributed by atoms with E-state index in [1.54, 1.807) is 0 Å². The summed E-state index contributed by atoms with van der Waals surface area (Å²) in [5, 5.41) is 11.9. The van der Waals surface area contributed by atoms with E-state index in [1.165, 1.54) is 19.3 Å². The monoisotopic (exact) mass is 258 g/mol. The van der Waals surface area contributed by atoms with E-state index in [2.05, 4.69) is 20.4 Å². The van der Waals surface area contributed by atoms with E-state index in [0.717, 1.165) is 31.9 Å². The molecule has 2 N–H and O–H groups in total. The number of piperidine rings is 1. The third kappa shape index (κ3) is 2.94. The molecule has 1 atom stereocenters. The summed E-state index contributed by atoms with van der Waals surface area (Å²) >= 11 is 0. The van der Waals surface area contributed by atoms with Gasteiger partial charge in [-0.3, -0.25) is 4.90 Å². The second kappa shape index (κ2) is 5.29. The van der Waals surface area contributed by atoms with Gasteiger partial charge in [0.25, 0.3) is 0 Å². The van der Waals surface area contributed by atoms with Crippen molar-refractivity contribution in [2.75, 3.05) is 13.1 Å². The van der Waals surface area contributed by atoms with Gasteiger partial charge in [-0.1, -0.05) is 0 Å². The Morgan fingerprint density at radius 1 is 1.29 bits per heavy atom. The third-order valence-electron chi connectivity index (χ3n) is 3.36. The summed E-state index contributed by atoms with van der Waals surface area (Å²) in [6.07, 6.45) is 4.77. The van der Waals surface area contributed by atoms with Gasteiger partial charge in [-0.2, -0.15) is 0 Å². The summed E-state index contributed by atoms with van der Waals surface area (Å²) in [5.74, 6) is 0.997. The van der Waals surface area contributed by atoms with Crippen LogP contribution in [0.4, 0.5) is 0 Å². The Kier molecular flexibility index (Phi) is 3.96. The maximum absolute atomic E-state index is 5.96. The molecule has 1 aliphatic heterocycles. The quantitative estimate of drug-likeness (QED) is 0.847. The molecule has 96 valence electrons. The normalized spacial score (nSPS) is 25.6. The third-order valence-corrected chi connectivity index (χ3v) is 3.36. The van der Waals surface area contributed by atoms with E-state index in [1.807, 2.05) is 4.68 Å². The summed E-state index contributed by atoms with van der Waals surface area (Å²) in [6, 6.07) is 0.877. The Morgan fingerprint density at radius 3 is 2.82 bits per heavy atom. The standard InChI is InChI=1S/C10H18N6.ClH/c11-8-2-1-5-15(6-8)7-10-12-13-14-16(10)9-3-4-9;/h8-9H,1-7,11H2;1H/t8-;/m1./s1. The molecule has 2 fully saturated rings. The fourth-order valence-electron chi connectivity index (χ4n) is 2.35. The first-order chi connectivity index (χ1) is 7.83. The fourth-order valence-corrected chi connectivity index (χ4v) is 2.35. The number of halogens is 1. The molecule has 2 heterocycles. The lowest BCUT2D eigenvalue weighted by Gasteiger charge is -2.29. The SMILES string of the molecule is Cl.N[C@@H]1CCCN(Cc2nnnn2C2CC2)C1. The van der Waals surface area contributed by atoms with Gasteiger partial charge >= 0.3 is 0 Å². The van der Waals surface area contributed by atoms with E-state index < -0.39 is 0 Å². The minimum absolute atomic E-state index is 0. The van der Waals surface area contributed by atoms with Gasteiger partial charge < -0.3 is 5.73 Å². The number of likely N-dealkylation sites (tertiary alicyclic amines) is 1. The van der Waals surface area contributed by atoms with Crippen molar-refractivity contribution in [2.24, 2.45) is 5.73 Å². The Bertz CT molecular complexity index is 363. The number of aromatic nitrogens is 4. The van der Waals surface area contributed by atoms with Crippen LogP contribution in [0.2, 0.25) is 0 Å². The van der Waals surface area contributed by atoms with Crippen molar-refractivity contribution >= 4 is 12.4 Å². The number of hydrogen-bond donors (Lipinski definition) is 1. The van der Waals surface area contributed by atoms with Crippen LogP contribution in [-0.4, -0.2) is 44.2 Å². The van der Waals surface area contributed by atoms with Crippen LogP contribution in [0.1, 0.15) is 37.5 Å². The van der Waals surface area contributed by atoms with Crippen molar-refractivity contribution in [2.45, 2.75) is 44.3 Å². The van der Waals surface area contributed by atoms with Crippen LogP contribution in [-0.2, 0) is 6.54 Å². The first-order valence-electron chi connectivity index (χ1n) is 6.07. The zero-order valence-corrected chi connectivity index (χ0v) is 10.6. The Morgan fingerprint density at radius 2 is 2.12 bits per heavy atom. The lowest BCUT2D eigenvalue weighted by atomic mass is 10.1. The van der Waals surface area contributed by atoms with Crippen LogP contribution in [0.15, 0.2) is 0 Å². The summed E-state index contributed by atoms with van der Waals surface area (Å²) in [7, 11) is 0. The number of nitrogens with two attached hydrogens (primary N) is 1. The first-order valence-corrected chi connectivity index (χ1v) is 6.07. The van der Waals surface area contributed by atoms with Crippen molar-refractivity contribution in [1.82, 2.24) is 25.1 Å². The van der Waals surface area contributed by atoms with Gasteiger partial charge in [-0.15, -0.1) is 17.5 Å². The van der Waals surface area contributed by atoms with Crippen LogP contribution in [0, 0.1) is 0 Å². The van der Waals surface area contributed by atoms with E-state index >= 15 is 0 Å². The smallest absolute Gasteiger partial charge is 0.165 e. The van der Waals surface area contributed by atoms with E-state index in [-0.39, 0.29) is 12.4 Å². The van der Waals surface area contributed by atoms with Crippen molar-refractivity contribution in [3.8, 4) is 0 Å². The summed E-state index contributed by atoms with van der Waals surface area (Å²) in [5.41, 5.74) is 5.96. The molecular weight excluding hydrogens is 240 g/mol. The van der Waals surface area contributed by atoms with Gasteiger partial charge in [-0.25, -0.2) is 4.68 Å². The lowest BCUT2D eigenvalue weighted by Crippen LogP contribution is -2.42. The van der Waals surface area contributed by atoms with E-state index in [9.17, 15) is 0 Å². The number of tetrazole rings is 1. The maximum atomic E-state index is 5.96.